The zero-order valence-corrected chi connectivity index (χ0v) is 16.6. The molecule has 0 amide bonds. The lowest BCUT2D eigenvalue weighted by molar-refractivity contribution is 0.414. The van der Waals surface area contributed by atoms with Crippen molar-refractivity contribution in [3.05, 3.63) is 101 Å². The Morgan fingerprint density at radius 2 is 1.73 bits per heavy atom. The molecule has 0 fully saturated rings. The van der Waals surface area contributed by atoms with Gasteiger partial charge in [0.1, 0.15) is 11.6 Å². The predicted molar refractivity (Wildman–Crippen MR) is 120 cm³/mol. The van der Waals surface area contributed by atoms with Gasteiger partial charge in [0.25, 0.3) is 5.56 Å². The zero-order valence-electron chi connectivity index (χ0n) is 16.6. The summed E-state index contributed by atoms with van der Waals surface area (Å²) >= 11 is 0. The molecule has 5 rings (SSSR count). The number of nitrogens with zero attached hydrogens (tertiary/aromatic N) is 2. The number of hydrogen-bond acceptors (Lipinski definition) is 3. The van der Waals surface area contributed by atoms with Crippen LogP contribution in [0.2, 0.25) is 0 Å². The topological polar surface area (TPSA) is 59.9 Å². The second-order valence-corrected chi connectivity index (χ2v) is 7.25. The van der Waals surface area contributed by atoms with Crippen molar-refractivity contribution in [2.45, 2.75) is 12.8 Å². The Hall–Kier alpha value is -3.86. The molecule has 5 aromatic rings. The molecule has 3 aromatic carbocycles. The van der Waals surface area contributed by atoms with Crippen molar-refractivity contribution >= 4 is 21.8 Å². The van der Waals surface area contributed by atoms with E-state index in [0.29, 0.717) is 17.6 Å². The maximum absolute atomic E-state index is 13.4. The van der Waals surface area contributed by atoms with E-state index in [1.165, 1.54) is 10.9 Å². The monoisotopic (exact) mass is 395 g/mol. The summed E-state index contributed by atoms with van der Waals surface area (Å²) in [5.41, 5.74) is 3.74. The molecule has 0 aliphatic heterocycles. The number of fused-ring (bicyclic) bond motifs is 2. The molecule has 0 aliphatic rings. The third-order valence-electron chi connectivity index (χ3n) is 5.45. The van der Waals surface area contributed by atoms with Gasteiger partial charge in [-0.15, -0.1) is 0 Å². The van der Waals surface area contributed by atoms with Crippen molar-refractivity contribution in [2.75, 3.05) is 7.11 Å². The van der Waals surface area contributed by atoms with Gasteiger partial charge in [0.15, 0.2) is 0 Å². The van der Waals surface area contributed by atoms with E-state index in [0.717, 1.165) is 29.0 Å². The van der Waals surface area contributed by atoms with Crippen molar-refractivity contribution < 1.29 is 4.74 Å². The summed E-state index contributed by atoms with van der Waals surface area (Å²) in [7, 11) is 1.62. The lowest BCUT2D eigenvalue weighted by atomic mass is 10.1. The van der Waals surface area contributed by atoms with Crippen LogP contribution in [0.1, 0.15) is 11.4 Å². The van der Waals surface area contributed by atoms with Crippen LogP contribution < -0.4 is 10.3 Å². The molecule has 0 atom stereocenters. The van der Waals surface area contributed by atoms with Crippen molar-refractivity contribution in [1.82, 2.24) is 14.5 Å². The molecule has 2 aromatic heterocycles. The molecule has 0 unspecified atom stereocenters. The minimum absolute atomic E-state index is 0.0669. The molecule has 0 radical (unpaired) electrons. The van der Waals surface area contributed by atoms with Gasteiger partial charge in [0.2, 0.25) is 0 Å². The lowest BCUT2D eigenvalue weighted by Crippen LogP contribution is -2.24. The number of aromatic nitrogens is 3. The molecular weight excluding hydrogens is 374 g/mol. The average Bonchev–Trinajstić information content (AvgIpc) is 3.21. The van der Waals surface area contributed by atoms with Gasteiger partial charge < -0.3 is 9.72 Å². The average molecular weight is 395 g/mol. The van der Waals surface area contributed by atoms with Crippen LogP contribution in [-0.2, 0) is 12.8 Å². The molecule has 5 heteroatoms. The van der Waals surface area contributed by atoms with Gasteiger partial charge in [-0.1, -0.05) is 36.4 Å². The fourth-order valence-corrected chi connectivity index (χ4v) is 3.95. The molecule has 1 N–H and O–H groups in total. The van der Waals surface area contributed by atoms with Gasteiger partial charge >= 0.3 is 0 Å². The Bertz CT molecular complexity index is 1420. The maximum atomic E-state index is 13.4. The molecule has 5 nitrogen and oxygen atoms in total. The van der Waals surface area contributed by atoms with Crippen molar-refractivity contribution in [3.8, 4) is 11.4 Å². The largest absolute Gasteiger partial charge is 0.497 e. The van der Waals surface area contributed by atoms with Gasteiger partial charge in [-0.3, -0.25) is 9.36 Å². The minimum Gasteiger partial charge on any atom is -0.497 e. The Balaban J connectivity index is 1.63. The Morgan fingerprint density at radius 3 is 2.60 bits per heavy atom. The first-order chi connectivity index (χ1) is 14.7. The number of ether oxygens (including phenoxy) is 1. The fourth-order valence-electron chi connectivity index (χ4n) is 3.95. The standard InChI is InChI=1S/C25H21N3O2/c1-30-19-8-6-7-18(15-19)28-24(27-23-12-5-3-10-21(23)25(28)29)14-13-17-16-26-22-11-4-2-9-20(17)22/h2-12,15-16,26H,13-14H2,1H3. The highest BCUT2D eigenvalue weighted by atomic mass is 16.5. The number of methoxy groups -OCH3 is 1. The number of aromatic amines is 1. The molecule has 148 valence electrons. The summed E-state index contributed by atoms with van der Waals surface area (Å²) in [6.07, 6.45) is 3.46. The first-order valence-corrected chi connectivity index (χ1v) is 9.95. The quantitative estimate of drug-likeness (QED) is 0.471. The van der Waals surface area contributed by atoms with E-state index >= 15 is 0 Å². The van der Waals surface area contributed by atoms with Crippen LogP contribution in [0.4, 0.5) is 0 Å². The van der Waals surface area contributed by atoms with E-state index in [4.69, 9.17) is 9.72 Å². The second kappa shape index (κ2) is 7.52. The first-order valence-electron chi connectivity index (χ1n) is 9.95. The molecule has 0 bridgehead atoms. The highest BCUT2D eigenvalue weighted by molar-refractivity contribution is 5.83. The van der Waals surface area contributed by atoms with Crippen LogP contribution in [0.25, 0.3) is 27.5 Å². The Labute approximate surface area is 173 Å². The van der Waals surface area contributed by atoms with E-state index in [9.17, 15) is 4.79 Å². The van der Waals surface area contributed by atoms with E-state index in [1.807, 2.05) is 66.9 Å². The third kappa shape index (κ3) is 3.14. The molecule has 2 heterocycles. The van der Waals surface area contributed by atoms with E-state index in [2.05, 4.69) is 17.1 Å². The Morgan fingerprint density at radius 1 is 0.933 bits per heavy atom. The third-order valence-corrected chi connectivity index (χ3v) is 5.45. The number of hydrogen-bond donors (Lipinski definition) is 1. The maximum Gasteiger partial charge on any atom is 0.265 e. The zero-order chi connectivity index (χ0) is 20.5. The van der Waals surface area contributed by atoms with Gasteiger partial charge in [0.05, 0.1) is 23.7 Å². The van der Waals surface area contributed by atoms with E-state index < -0.39 is 0 Å². The highest BCUT2D eigenvalue weighted by Gasteiger charge is 2.14. The van der Waals surface area contributed by atoms with Gasteiger partial charge in [-0.2, -0.15) is 0 Å². The second-order valence-electron chi connectivity index (χ2n) is 7.25. The molecule has 0 saturated heterocycles. The van der Waals surface area contributed by atoms with Crippen molar-refractivity contribution in [2.24, 2.45) is 0 Å². The summed E-state index contributed by atoms with van der Waals surface area (Å²) in [5, 5.41) is 1.81. The minimum atomic E-state index is -0.0669. The SMILES string of the molecule is COc1cccc(-n2c(CCc3c[nH]c4ccccc34)nc3ccccc3c2=O)c1. The highest BCUT2D eigenvalue weighted by Crippen LogP contribution is 2.22. The molecular formula is C25H21N3O2. The van der Waals surface area contributed by atoms with E-state index in [-0.39, 0.29) is 5.56 Å². The molecule has 0 saturated carbocycles. The normalized spacial score (nSPS) is 11.2. The molecule has 0 aliphatic carbocycles. The summed E-state index contributed by atoms with van der Waals surface area (Å²) in [6, 6.07) is 23.3. The van der Waals surface area contributed by atoms with Crippen LogP contribution >= 0.6 is 0 Å². The summed E-state index contributed by atoms with van der Waals surface area (Å²) in [6.45, 7) is 0. The number of H-pyrrole nitrogens is 1. The number of nitrogens with one attached hydrogen (secondary N) is 1. The van der Waals surface area contributed by atoms with Crippen molar-refractivity contribution in [1.29, 1.82) is 0 Å². The number of rotatable bonds is 5. The van der Waals surface area contributed by atoms with Gasteiger partial charge in [-0.25, -0.2) is 4.98 Å². The van der Waals surface area contributed by atoms with Crippen LogP contribution in [0.3, 0.4) is 0 Å². The van der Waals surface area contributed by atoms with Crippen LogP contribution in [0, 0.1) is 0 Å². The summed E-state index contributed by atoms with van der Waals surface area (Å²) in [4.78, 5) is 21.6. The van der Waals surface area contributed by atoms with Gasteiger partial charge in [-0.05, 0) is 42.3 Å². The van der Waals surface area contributed by atoms with Crippen LogP contribution in [-0.4, -0.2) is 21.6 Å². The summed E-state index contributed by atoms with van der Waals surface area (Å²) in [5.74, 6) is 1.44. The fraction of sp³-hybridized carbons (Fsp3) is 0.120. The Kier molecular flexibility index (Phi) is 4.56. The van der Waals surface area contributed by atoms with E-state index in [1.54, 1.807) is 11.7 Å². The smallest absolute Gasteiger partial charge is 0.265 e. The number of benzene rings is 3. The van der Waals surface area contributed by atoms with Gasteiger partial charge in [0, 0.05) is 29.6 Å². The predicted octanol–water partition coefficient (Wildman–Crippen LogP) is 4.66. The summed E-state index contributed by atoms with van der Waals surface area (Å²) < 4.78 is 7.08. The number of aryl methyl sites for hydroxylation is 2. The van der Waals surface area contributed by atoms with Crippen LogP contribution in [0.15, 0.2) is 83.8 Å². The molecule has 30 heavy (non-hydrogen) atoms. The first kappa shape index (κ1) is 18.2. The molecule has 0 spiro atoms. The van der Waals surface area contributed by atoms with Crippen molar-refractivity contribution in [3.63, 3.8) is 0 Å². The lowest BCUT2D eigenvalue weighted by Gasteiger charge is -2.14. The number of para-hydroxylation sites is 2. The van der Waals surface area contributed by atoms with Crippen LogP contribution in [0.5, 0.6) is 5.75 Å².